The van der Waals surface area contributed by atoms with Crippen LogP contribution in [0.2, 0.25) is 0 Å². The molecule has 0 saturated carbocycles. The largest absolute Gasteiger partial charge is 0.465 e. The minimum Gasteiger partial charge on any atom is -0.465 e. The van der Waals surface area contributed by atoms with Crippen LogP contribution in [0.25, 0.3) is 6.08 Å². The first kappa shape index (κ1) is 14.9. The summed E-state index contributed by atoms with van der Waals surface area (Å²) in [6.07, 6.45) is 5.36. The van der Waals surface area contributed by atoms with Gasteiger partial charge in [-0.15, -0.1) is 0 Å². The first-order valence-corrected chi connectivity index (χ1v) is 7.92. The van der Waals surface area contributed by atoms with Gasteiger partial charge in [-0.2, -0.15) is 0 Å². The number of nitrogens with one attached hydrogen (secondary N) is 2. The van der Waals surface area contributed by atoms with Gasteiger partial charge in [0.15, 0.2) is 0 Å². The first-order valence-electron chi connectivity index (χ1n) is 6.03. The Morgan fingerprint density at radius 1 is 1.14 bits per heavy atom. The van der Waals surface area contributed by atoms with Crippen molar-refractivity contribution in [3.05, 3.63) is 54.5 Å². The summed E-state index contributed by atoms with van der Waals surface area (Å²) in [6.45, 7) is 0. The van der Waals surface area contributed by atoms with E-state index < -0.39 is 15.9 Å². The average Bonchev–Trinajstić information content (AvgIpc) is 2.90. The van der Waals surface area contributed by atoms with E-state index in [-0.39, 0.29) is 0 Å². The van der Waals surface area contributed by atoms with E-state index in [9.17, 15) is 13.2 Å². The molecule has 0 aliphatic heterocycles. The van der Waals surface area contributed by atoms with Crippen molar-refractivity contribution in [3.8, 4) is 0 Å². The minimum absolute atomic E-state index is 0.305. The fraction of sp³-hybridized carbons (Fsp3) is 0.0714. The topological polar surface area (TPSA) is 88.4 Å². The summed E-state index contributed by atoms with van der Waals surface area (Å²) < 4.78 is 29.9. The lowest BCUT2D eigenvalue weighted by Crippen LogP contribution is -2.14. The molecule has 2 rings (SSSR count). The van der Waals surface area contributed by atoms with Gasteiger partial charge in [0.1, 0.15) is 5.76 Å². The molecule has 1 aromatic heterocycles. The zero-order chi connectivity index (χ0) is 15.3. The molecule has 0 aliphatic carbocycles. The van der Waals surface area contributed by atoms with Crippen molar-refractivity contribution >= 4 is 33.4 Å². The molecule has 110 valence electrons. The molecule has 0 aliphatic rings. The Morgan fingerprint density at radius 2 is 1.86 bits per heavy atom. The van der Waals surface area contributed by atoms with E-state index in [1.165, 1.54) is 18.4 Å². The summed E-state index contributed by atoms with van der Waals surface area (Å²) >= 11 is 0. The Balaban J connectivity index is 2.10. The van der Waals surface area contributed by atoms with Crippen LogP contribution in [0.15, 0.2) is 53.2 Å². The maximum atomic E-state index is 11.8. The fourth-order valence-electron chi connectivity index (χ4n) is 1.60. The second-order valence-corrected chi connectivity index (χ2v) is 6.01. The van der Waals surface area contributed by atoms with Crippen LogP contribution < -0.4 is 10.0 Å². The van der Waals surface area contributed by atoms with Crippen LogP contribution in [-0.2, 0) is 14.8 Å². The molecule has 0 radical (unpaired) electrons. The van der Waals surface area contributed by atoms with Crippen LogP contribution in [0.5, 0.6) is 0 Å². The van der Waals surface area contributed by atoms with E-state index in [0.29, 0.717) is 17.1 Å². The summed E-state index contributed by atoms with van der Waals surface area (Å²) in [6, 6.07) is 9.95. The molecule has 0 fully saturated rings. The smallest absolute Gasteiger partial charge is 0.248 e. The van der Waals surface area contributed by atoms with Gasteiger partial charge in [-0.25, -0.2) is 8.42 Å². The predicted octanol–water partition coefficient (Wildman–Crippen LogP) is 2.30. The molecule has 0 spiro atoms. The van der Waals surface area contributed by atoms with E-state index in [0.717, 1.165) is 6.26 Å². The Hall–Kier alpha value is -2.54. The molecule has 0 saturated heterocycles. The number of carbonyl (C=O) groups excluding carboxylic acids is 1. The number of furan rings is 1. The SMILES string of the molecule is CS(=O)(=O)Nc1ccccc1NC(=O)C=Cc1ccco1. The number of amides is 1. The third-order valence-electron chi connectivity index (χ3n) is 2.42. The molecule has 6 nitrogen and oxygen atoms in total. The number of anilines is 2. The molecule has 0 unspecified atom stereocenters. The van der Waals surface area contributed by atoms with Gasteiger partial charge >= 0.3 is 0 Å². The van der Waals surface area contributed by atoms with Gasteiger partial charge in [-0.05, 0) is 30.3 Å². The molecular weight excluding hydrogens is 292 g/mol. The van der Waals surface area contributed by atoms with Crippen LogP contribution in [0, 0.1) is 0 Å². The third kappa shape index (κ3) is 4.81. The number of para-hydroxylation sites is 2. The summed E-state index contributed by atoms with van der Waals surface area (Å²) in [5.41, 5.74) is 0.678. The van der Waals surface area contributed by atoms with Crippen LogP contribution in [-0.4, -0.2) is 20.6 Å². The highest BCUT2D eigenvalue weighted by molar-refractivity contribution is 7.92. The Kier molecular flexibility index (Phi) is 4.44. The van der Waals surface area contributed by atoms with Gasteiger partial charge in [-0.1, -0.05) is 12.1 Å². The average molecular weight is 306 g/mol. The molecule has 2 N–H and O–H groups in total. The molecule has 1 heterocycles. The van der Waals surface area contributed by atoms with Crippen molar-refractivity contribution in [3.63, 3.8) is 0 Å². The molecule has 1 amide bonds. The van der Waals surface area contributed by atoms with Crippen LogP contribution in [0.4, 0.5) is 11.4 Å². The molecule has 7 heteroatoms. The number of benzene rings is 1. The zero-order valence-electron chi connectivity index (χ0n) is 11.2. The number of carbonyl (C=O) groups is 1. The van der Waals surface area contributed by atoms with Crippen LogP contribution in [0.3, 0.4) is 0 Å². The van der Waals surface area contributed by atoms with Gasteiger partial charge < -0.3 is 9.73 Å². The lowest BCUT2D eigenvalue weighted by Gasteiger charge is -2.10. The monoisotopic (exact) mass is 306 g/mol. The van der Waals surface area contributed by atoms with Gasteiger partial charge in [0.05, 0.1) is 23.9 Å². The Labute approximate surface area is 122 Å². The van der Waals surface area contributed by atoms with Crippen molar-refractivity contribution in [2.75, 3.05) is 16.3 Å². The summed E-state index contributed by atoms with van der Waals surface area (Å²) in [7, 11) is -3.42. The van der Waals surface area contributed by atoms with E-state index in [1.54, 1.807) is 36.4 Å². The molecular formula is C14H14N2O4S. The predicted molar refractivity (Wildman–Crippen MR) is 81.3 cm³/mol. The summed E-state index contributed by atoms with van der Waals surface area (Å²) in [4.78, 5) is 11.8. The molecule has 2 aromatic rings. The van der Waals surface area contributed by atoms with E-state index in [4.69, 9.17) is 4.42 Å². The second kappa shape index (κ2) is 6.27. The standard InChI is InChI=1S/C14H14N2O4S/c1-21(18,19)16-13-7-3-2-6-12(13)15-14(17)9-8-11-5-4-10-20-11/h2-10,16H,1H3,(H,15,17). The van der Waals surface area contributed by atoms with Gasteiger partial charge in [0.25, 0.3) is 0 Å². The highest BCUT2D eigenvalue weighted by Gasteiger charge is 2.08. The van der Waals surface area contributed by atoms with Crippen molar-refractivity contribution in [1.82, 2.24) is 0 Å². The minimum atomic E-state index is -3.42. The quantitative estimate of drug-likeness (QED) is 0.830. The highest BCUT2D eigenvalue weighted by Crippen LogP contribution is 2.21. The third-order valence-corrected chi connectivity index (χ3v) is 3.01. The molecule has 0 atom stereocenters. The van der Waals surface area contributed by atoms with Crippen molar-refractivity contribution in [2.24, 2.45) is 0 Å². The van der Waals surface area contributed by atoms with Crippen molar-refractivity contribution < 1.29 is 17.6 Å². The molecule has 1 aromatic carbocycles. The van der Waals surface area contributed by atoms with Crippen LogP contribution >= 0.6 is 0 Å². The summed E-state index contributed by atoms with van der Waals surface area (Å²) in [5, 5.41) is 2.60. The van der Waals surface area contributed by atoms with E-state index in [1.807, 2.05) is 0 Å². The summed E-state index contributed by atoms with van der Waals surface area (Å²) in [5.74, 6) is 0.154. The maximum absolute atomic E-state index is 11.8. The van der Waals surface area contributed by atoms with E-state index >= 15 is 0 Å². The molecule has 0 bridgehead atoms. The van der Waals surface area contributed by atoms with Crippen molar-refractivity contribution in [2.45, 2.75) is 0 Å². The number of rotatable bonds is 5. The number of hydrogen-bond donors (Lipinski definition) is 2. The van der Waals surface area contributed by atoms with Gasteiger partial charge in [0.2, 0.25) is 15.9 Å². The number of sulfonamides is 1. The van der Waals surface area contributed by atoms with Gasteiger partial charge in [-0.3, -0.25) is 9.52 Å². The lowest BCUT2D eigenvalue weighted by atomic mass is 10.2. The first-order chi connectivity index (χ1) is 9.94. The Bertz CT molecular complexity index is 749. The Morgan fingerprint density at radius 3 is 2.48 bits per heavy atom. The lowest BCUT2D eigenvalue weighted by molar-refractivity contribution is -0.111. The maximum Gasteiger partial charge on any atom is 0.248 e. The van der Waals surface area contributed by atoms with Crippen LogP contribution in [0.1, 0.15) is 5.76 Å². The van der Waals surface area contributed by atoms with Gasteiger partial charge in [0, 0.05) is 6.08 Å². The number of hydrogen-bond acceptors (Lipinski definition) is 4. The highest BCUT2D eigenvalue weighted by atomic mass is 32.2. The second-order valence-electron chi connectivity index (χ2n) is 4.26. The van der Waals surface area contributed by atoms with Crippen molar-refractivity contribution in [1.29, 1.82) is 0 Å². The molecule has 21 heavy (non-hydrogen) atoms. The van der Waals surface area contributed by atoms with E-state index in [2.05, 4.69) is 10.0 Å². The normalized spacial score (nSPS) is 11.5. The zero-order valence-corrected chi connectivity index (χ0v) is 12.1. The fourth-order valence-corrected chi connectivity index (χ4v) is 2.18.